The smallest absolute Gasteiger partial charge is 0.336 e. The van der Waals surface area contributed by atoms with E-state index in [-0.39, 0.29) is 29.4 Å². The van der Waals surface area contributed by atoms with E-state index in [4.69, 9.17) is 14.2 Å². The molecule has 5 nitrogen and oxygen atoms in total. The maximum absolute atomic E-state index is 12.4. The summed E-state index contributed by atoms with van der Waals surface area (Å²) in [5, 5.41) is 0. The molecule has 0 amide bonds. The zero-order valence-corrected chi connectivity index (χ0v) is 16.7. The van der Waals surface area contributed by atoms with Crippen LogP contribution in [0.15, 0.2) is 22.8 Å². The van der Waals surface area contributed by atoms with Gasteiger partial charge >= 0.3 is 11.9 Å². The molecule has 1 heterocycles. The molecule has 5 unspecified atom stereocenters. The van der Waals surface area contributed by atoms with Gasteiger partial charge in [0.25, 0.3) is 0 Å². The van der Waals surface area contributed by atoms with Gasteiger partial charge in [0.15, 0.2) is 0 Å². The topological polar surface area (TPSA) is 61.8 Å². The van der Waals surface area contributed by atoms with Crippen molar-refractivity contribution in [3.8, 4) is 0 Å². The Bertz CT molecular complexity index is 691. The quantitative estimate of drug-likeness (QED) is 0.562. The Morgan fingerprint density at radius 1 is 1.35 bits per heavy atom. The summed E-state index contributed by atoms with van der Waals surface area (Å²) in [5.41, 5.74) is 2.20. The normalized spacial score (nSPS) is 40.0. The van der Waals surface area contributed by atoms with E-state index in [1.54, 1.807) is 20.1 Å². The largest absolute Gasteiger partial charge is 0.459 e. The van der Waals surface area contributed by atoms with Crippen LogP contribution in [0.4, 0.5) is 0 Å². The van der Waals surface area contributed by atoms with Crippen LogP contribution in [0, 0.1) is 17.3 Å². The van der Waals surface area contributed by atoms with E-state index < -0.39 is 5.79 Å². The fourth-order valence-corrected chi connectivity index (χ4v) is 4.94. The molecule has 0 bridgehead atoms. The van der Waals surface area contributed by atoms with Gasteiger partial charge in [-0.1, -0.05) is 19.9 Å². The lowest BCUT2D eigenvalue weighted by Gasteiger charge is -2.55. The van der Waals surface area contributed by atoms with Crippen LogP contribution in [0.2, 0.25) is 0 Å². The van der Waals surface area contributed by atoms with Crippen LogP contribution in [0.3, 0.4) is 0 Å². The average Bonchev–Trinajstić information content (AvgIpc) is 2.86. The van der Waals surface area contributed by atoms with Gasteiger partial charge in [0.05, 0.1) is 0 Å². The van der Waals surface area contributed by atoms with Crippen LogP contribution in [-0.2, 0) is 23.8 Å². The standard InChI is InChI=1S/C21H30O5/c1-7-12(2)18(22)25-17-9-8-13(3)20(5)10-15-14(4)19(23)26-21(15,24-6)11-16(17)20/h7,13,16-17H,8-11H2,1-6H3. The summed E-state index contributed by atoms with van der Waals surface area (Å²) in [6, 6.07) is 0. The third-order valence-corrected chi connectivity index (χ3v) is 7.17. The summed E-state index contributed by atoms with van der Waals surface area (Å²) in [6.07, 6.45) is 4.69. The molecule has 0 spiro atoms. The number of methoxy groups -OCH3 is 1. The monoisotopic (exact) mass is 362 g/mol. The Morgan fingerprint density at radius 2 is 2.04 bits per heavy atom. The average molecular weight is 362 g/mol. The molecule has 0 aromatic heterocycles. The second-order valence-corrected chi connectivity index (χ2v) is 8.34. The zero-order chi connectivity index (χ0) is 19.3. The van der Waals surface area contributed by atoms with E-state index in [2.05, 4.69) is 13.8 Å². The number of fused-ring (bicyclic) bond motifs is 2. The maximum atomic E-state index is 12.4. The number of carbonyl (C=O) groups excluding carboxylic acids is 2. The van der Waals surface area contributed by atoms with Crippen molar-refractivity contribution < 1.29 is 23.8 Å². The highest BCUT2D eigenvalue weighted by atomic mass is 16.7. The Hall–Kier alpha value is -1.62. The zero-order valence-electron chi connectivity index (χ0n) is 16.7. The molecule has 0 aromatic rings. The molecule has 3 aliphatic rings. The van der Waals surface area contributed by atoms with E-state index in [0.717, 1.165) is 24.8 Å². The maximum Gasteiger partial charge on any atom is 0.336 e. The lowest BCUT2D eigenvalue weighted by molar-refractivity contribution is -0.229. The SMILES string of the molecule is CC=C(C)C(=O)OC1CCC(C)C2(C)CC3=C(C)C(=O)OC3(OC)CC12. The predicted octanol–water partition coefficient (Wildman–Crippen LogP) is 3.93. The van der Waals surface area contributed by atoms with Crippen molar-refractivity contribution in [1.29, 1.82) is 0 Å². The highest BCUT2D eigenvalue weighted by molar-refractivity contribution is 5.92. The first kappa shape index (κ1) is 19.2. The van der Waals surface area contributed by atoms with Crippen LogP contribution < -0.4 is 0 Å². The summed E-state index contributed by atoms with van der Waals surface area (Å²) in [5.74, 6) is -1.00. The number of hydrogen-bond acceptors (Lipinski definition) is 5. The molecule has 1 aliphatic heterocycles. The van der Waals surface area contributed by atoms with Crippen LogP contribution in [0.25, 0.3) is 0 Å². The van der Waals surface area contributed by atoms with Crippen molar-refractivity contribution in [3.05, 3.63) is 22.8 Å². The third-order valence-electron chi connectivity index (χ3n) is 7.17. The lowest BCUT2D eigenvalue weighted by atomic mass is 9.52. The second-order valence-electron chi connectivity index (χ2n) is 8.34. The van der Waals surface area contributed by atoms with Crippen molar-refractivity contribution in [2.24, 2.45) is 17.3 Å². The van der Waals surface area contributed by atoms with Crippen LogP contribution in [0.5, 0.6) is 0 Å². The predicted molar refractivity (Wildman–Crippen MR) is 97.1 cm³/mol. The van der Waals surface area contributed by atoms with Crippen molar-refractivity contribution >= 4 is 11.9 Å². The molecule has 2 fully saturated rings. The molecular weight excluding hydrogens is 332 g/mol. The van der Waals surface area contributed by atoms with E-state index in [1.807, 2.05) is 13.8 Å². The van der Waals surface area contributed by atoms with Gasteiger partial charge in [-0.25, -0.2) is 9.59 Å². The highest BCUT2D eigenvalue weighted by Crippen LogP contribution is 2.60. The van der Waals surface area contributed by atoms with Gasteiger partial charge in [0.2, 0.25) is 5.79 Å². The molecule has 0 saturated heterocycles. The molecule has 0 radical (unpaired) electrons. The van der Waals surface area contributed by atoms with E-state index >= 15 is 0 Å². The number of ether oxygens (including phenoxy) is 3. The Morgan fingerprint density at radius 3 is 2.65 bits per heavy atom. The van der Waals surface area contributed by atoms with Gasteiger partial charge in [-0.15, -0.1) is 0 Å². The molecule has 0 aromatic carbocycles. The molecule has 5 heteroatoms. The summed E-state index contributed by atoms with van der Waals surface area (Å²) >= 11 is 0. The van der Waals surface area contributed by atoms with Crippen LogP contribution in [0.1, 0.15) is 60.3 Å². The van der Waals surface area contributed by atoms with Crippen molar-refractivity contribution in [2.45, 2.75) is 72.2 Å². The summed E-state index contributed by atoms with van der Waals surface area (Å²) in [7, 11) is 1.59. The minimum Gasteiger partial charge on any atom is -0.459 e. The van der Waals surface area contributed by atoms with Gasteiger partial charge < -0.3 is 14.2 Å². The van der Waals surface area contributed by atoms with Gasteiger partial charge in [0.1, 0.15) is 6.10 Å². The number of hydrogen-bond donors (Lipinski definition) is 0. The molecule has 2 aliphatic carbocycles. The first-order valence-electron chi connectivity index (χ1n) is 9.51. The van der Waals surface area contributed by atoms with Gasteiger partial charge in [0, 0.05) is 36.2 Å². The summed E-state index contributed by atoms with van der Waals surface area (Å²) in [6.45, 7) is 9.95. The second kappa shape index (κ2) is 6.52. The van der Waals surface area contributed by atoms with Gasteiger partial charge in [-0.05, 0) is 51.4 Å². The minimum absolute atomic E-state index is 0.0559. The van der Waals surface area contributed by atoms with Crippen molar-refractivity contribution in [3.63, 3.8) is 0 Å². The molecule has 144 valence electrons. The van der Waals surface area contributed by atoms with Crippen molar-refractivity contribution in [2.75, 3.05) is 7.11 Å². The number of carbonyl (C=O) groups is 2. The first-order chi connectivity index (χ1) is 12.2. The summed E-state index contributed by atoms with van der Waals surface area (Å²) in [4.78, 5) is 24.6. The van der Waals surface area contributed by atoms with E-state index in [9.17, 15) is 9.59 Å². The van der Waals surface area contributed by atoms with Gasteiger partial charge in [-0.2, -0.15) is 0 Å². The van der Waals surface area contributed by atoms with Crippen molar-refractivity contribution in [1.82, 2.24) is 0 Å². The molecule has 3 rings (SSSR count). The third kappa shape index (κ3) is 2.72. The Labute approximate surface area is 155 Å². The van der Waals surface area contributed by atoms with Gasteiger partial charge in [-0.3, -0.25) is 0 Å². The fourth-order valence-electron chi connectivity index (χ4n) is 4.94. The number of allylic oxidation sites excluding steroid dienone is 1. The van der Waals surface area contributed by atoms with Crippen LogP contribution in [-0.4, -0.2) is 30.9 Å². The molecule has 2 saturated carbocycles. The van der Waals surface area contributed by atoms with E-state index in [0.29, 0.717) is 23.5 Å². The molecular formula is C21H30O5. The number of esters is 2. The Balaban J connectivity index is 1.96. The first-order valence-corrected chi connectivity index (χ1v) is 9.51. The molecule has 0 N–H and O–H groups in total. The highest BCUT2D eigenvalue weighted by Gasteiger charge is 2.61. The van der Waals surface area contributed by atoms with Crippen LogP contribution >= 0.6 is 0 Å². The van der Waals surface area contributed by atoms with E-state index in [1.165, 1.54) is 0 Å². The summed E-state index contributed by atoms with van der Waals surface area (Å²) < 4.78 is 17.3. The molecule has 5 atom stereocenters. The number of rotatable bonds is 3. The fraction of sp³-hybridized carbons (Fsp3) is 0.714. The Kier molecular flexibility index (Phi) is 4.80. The minimum atomic E-state index is -0.997. The molecule has 26 heavy (non-hydrogen) atoms. The lowest BCUT2D eigenvalue weighted by Crippen LogP contribution is -2.56.